The molecule has 1 aromatic carbocycles. The van der Waals surface area contributed by atoms with Crippen LogP contribution in [-0.4, -0.2) is 22.1 Å². The van der Waals surface area contributed by atoms with Crippen molar-refractivity contribution in [1.29, 1.82) is 0 Å². The number of hydrogen-bond donors (Lipinski definition) is 1. The first-order valence-electron chi connectivity index (χ1n) is 5.05. The number of carbonyl (C=O) groups is 1. The van der Waals surface area contributed by atoms with Gasteiger partial charge in [0.05, 0.1) is 17.2 Å². The van der Waals surface area contributed by atoms with Crippen molar-refractivity contribution in [2.24, 2.45) is 0 Å². The average Bonchev–Trinajstić information content (AvgIpc) is 2.18. The van der Waals surface area contributed by atoms with Crippen LogP contribution >= 0.6 is 0 Å². The van der Waals surface area contributed by atoms with E-state index in [2.05, 4.69) is 0 Å². The number of aromatic carboxylic acids is 1. The average molecular weight is 239 g/mol. The summed E-state index contributed by atoms with van der Waals surface area (Å²) in [6, 6.07) is 4.04. The minimum Gasteiger partial charge on any atom is -0.490 e. The number of benzene rings is 1. The summed E-state index contributed by atoms with van der Waals surface area (Å²) in [5, 5.41) is 19.3. The van der Waals surface area contributed by atoms with Crippen molar-refractivity contribution >= 4 is 5.97 Å². The Morgan fingerprint density at radius 1 is 1.53 bits per heavy atom. The second-order valence-corrected chi connectivity index (χ2v) is 3.79. The SMILES string of the molecule is CC(C)Oc1cc(C(=O)O)ccc1C[N+](=O)[O-]. The number of nitro groups is 1. The maximum absolute atomic E-state index is 10.8. The van der Waals surface area contributed by atoms with E-state index in [4.69, 9.17) is 9.84 Å². The minimum atomic E-state index is -1.09. The largest absolute Gasteiger partial charge is 0.490 e. The van der Waals surface area contributed by atoms with Gasteiger partial charge in [-0.15, -0.1) is 0 Å². The summed E-state index contributed by atoms with van der Waals surface area (Å²) in [4.78, 5) is 20.8. The van der Waals surface area contributed by atoms with E-state index in [0.29, 0.717) is 5.56 Å². The Morgan fingerprint density at radius 3 is 2.65 bits per heavy atom. The molecule has 0 amide bonds. The molecule has 1 N–H and O–H groups in total. The Hall–Kier alpha value is -2.11. The Labute approximate surface area is 98.0 Å². The molecule has 0 radical (unpaired) electrons. The van der Waals surface area contributed by atoms with Crippen LogP contribution in [0.2, 0.25) is 0 Å². The summed E-state index contributed by atoms with van der Waals surface area (Å²) in [5.74, 6) is -0.845. The highest BCUT2D eigenvalue weighted by Crippen LogP contribution is 2.22. The first-order chi connectivity index (χ1) is 7.90. The maximum Gasteiger partial charge on any atom is 0.335 e. The quantitative estimate of drug-likeness (QED) is 0.626. The van der Waals surface area contributed by atoms with Crippen molar-refractivity contribution in [1.82, 2.24) is 0 Å². The summed E-state index contributed by atoms with van der Waals surface area (Å²) in [5.41, 5.74) is 0.418. The van der Waals surface area contributed by atoms with Crippen LogP contribution in [0.25, 0.3) is 0 Å². The standard InChI is InChI=1S/C11H13NO5/c1-7(2)17-10-5-8(11(13)14)3-4-9(10)6-12(15)16/h3-5,7H,6H2,1-2H3,(H,13,14). The number of nitrogens with zero attached hydrogens (tertiary/aromatic N) is 1. The Bertz CT molecular complexity index is 441. The highest BCUT2D eigenvalue weighted by molar-refractivity contribution is 5.88. The van der Waals surface area contributed by atoms with Crippen molar-refractivity contribution in [3.05, 3.63) is 39.4 Å². The molecular weight excluding hydrogens is 226 g/mol. The van der Waals surface area contributed by atoms with Gasteiger partial charge in [0, 0.05) is 4.92 Å². The van der Waals surface area contributed by atoms with Crippen LogP contribution in [0, 0.1) is 10.1 Å². The van der Waals surface area contributed by atoms with Gasteiger partial charge in [0.25, 0.3) is 0 Å². The van der Waals surface area contributed by atoms with Gasteiger partial charge in [-0.05, 0) is 32.0 Å². The van der Waals surface area contributed by atoms with Gasteiger partial charge in [-0.3, -0.25) is 10.1 Å². The predicted octanol–water partition coefficient (Wildman–Crippen LogP) is 1.95. The second kappa shape index (κ2) is 5.29. The van der Waals surface area contributed by atoms with E-state index in [1.165, 1.54) is 18.2 Å². The Kier molecular flexibility index (Phi) is 4.03. The maximum atomic E-state index is 10.8. The van der Waals surface area contributed by atoms with E-state index in [1.54, 1.807) is 13.8 Å². The summed E-state index contributed by atoms with van der Waals surface area (Å²) in [6.07, 6.45) is -0.176. The highest BCUT2D eigenvalue weighted by Gasteiger charge is 2.14. The monoisotopic (exact) mass is 239 g/mol. The Balaban J connectivity index is 3.11. The molecule has 17 heavy (non-hydrogen) atoms. The zero-order chi connectivity index (χ0) is 13.0. The molecule has 0 unspecified atom stereocenters. The number of rotatable bonds is 5. The lowest BCUT2D eigenvalue weighted by molar-refractivity contribution is -0.496. The van der Waals surface area contributed by atoms with Crippen LogP contribution in [0.3, 0.4) is 0 Å². The molecule has 0 aliphatic carbocycles. The smallest absolute Gasteiger partial charge is 0.335 e. The van der Waals surface area contributed by atoms with Crippen LogP contribution in [0.1, 0.15) is 29.8 Å². The molecule has 0 atom stereocenters. The molecule has 1 rings (SSSR count). The number of carboxylic acids is 1. The van der Waals surface area contributed by atoms with E-state index < -0.39 is 10.9 Å². The molecule has 0 saturated heterocycles. The lowest BCUT2D eigenvalue weighted by Gasteiger charge is -2.13. The van der Waals surface area contributed by atoms with Gasteiger partial charge in [-0.25, -0.2) is 4.79 Å². The van der Waals surface area contributed by atoms with Gasteiger partial charge in [0.2, 0.25) is 6.54 Å². The van der Waals surface area contributed by atoms with Gasteiger partial charge >= 0.3 is 5.97 Å². The molecule has 0 aliphatic heterocycles. The molecule has 0 heterocycles. The van der Waals surface area contributed by atoms with Gasteiger partial charge in [0.1, 0.15) is 5.75 Å². The third-order valence-corrected chi connectivity index (χ3v) is 1.98. The summed E-state index contributed by atoms with van der Waals surface area (Å²) >= 11 is 0. The summed E-state index contributed by atoms with van der Waals surface area (Å²) in [7, 11) is 0. The molecular formula is C11H13NO5. The molecule has 1 aromatic rings. The number of ether oxygens (including phenoxy) is 1. The summed E-state index contributed by atoms with van der Waals surface area (Å²) < 4.78 is 5.37. The lowest BCUT2D eigenvalue weighted by atomic mass is 10.1. The van der Waals surface area contributed by atoms with Gasteiger partial charge in [-0.2, -0.15) is 0 Å². The molecule has 6 nitrogen and oxygen atoms in total. The molecule has 0 aromatic heterocycles. The van der Waals surface area contributed by atoms with Gasteiger partial charge in [0.15, 0.2) is 0 Å². The number of hydrogen-bond acceptors (Lipinski definition) is 4. The number of carboxylic acid groups (broad SMARTS) is 1. The van der Waals surface area contributed by atoms with Crippen molar-refractivity contribution in [2.45, 2.75) is 26.5 Å². The highest BCUT2D eigenvalue weighted by atomic mass is 16.6. The van der Waals surface area contributed by atoms with E-state index in [1.807, 2.05) is 0 Å². The zero-order valence-corrected chi connectivity index (χ0v) is 9.54. The zero-order valence-electron chi connectivity index (χ0n) is 9.54. The molecule has 0 aliphatic rings. The van der Waals surface area contributed by atoms with Gasteiger partial charge in [-0.1, -0.05) is 0 Å². The fraction of sp³-hybridized carbons (Fsp3) is 0.364. The van der Waals surface area contributed by atoms with Crippen LogP contribution in [0.4, 0.5) is 0 Å². The predicted molar refractivity (Wildman–Crippen MR) is 59.9 cm³/mol. The van der Waals surface area contributed by atoms with Crippen molar-refractivity contribution < 1.29 is 19.6 Å². The molecule has 6 heteroatoms. The second-order valence-electron chi connectivity index (χ2n) is 3.79. The molecule has 0 fully saturated rings. The summed E-state index contributed by atoms with van der Waals surface area (Å²) in [6.45, 7) is 3.15. The van der Waals surface area contributed by atoms with E-state index in [9.17, 15) is 14.9 Å². The fourth-order valence-electron chi connectivity index (χ4n) is 1.32. The third-order valence-electron chi connectivity index (χ3n) is 1.98. The van der Waals surface area contributed by atoms with Crippen molar-refractivity contribution in [3.8, 4) is 5.75 Å². The van der Waals surface area contributed by atoms with Crippen LogP contribution in [0.15, 0.2) is 18.2 Å². The van der Waals surface area contributed by atoms with Gasteiger partial charge < -0.3 is 9.84 Å². The minimum absolute atomic E-state index is 0.0488. The molecule has 0 bridgehead atoms. The molecule has 92 valence electrons. The Morgan fingerprint density at radius 2 is 2.18 bits per heavy atom. The molecule has 0 spiro atoms. The third kappa shape index (κ3) is 3.75. The van der Waals surface area contributed by atoms with Crippen molar-refractivity contribution in [2.75, 3.05) is 0 Å². The topological polar surface area (TPSA) is 89.7 Å². The van der Waals surface area contributed by atoms with E-state index in [-0.39, 0.29) is 24.0 Å². The first kappa shape index (κ1) is 13.0. The first-order valence-corrected chi connectivity index (χ1v) is 5.05. The van der Waals surface area contributed by atoms with E-state index >= 15 is 0 Å². The lowest BCUT2D eigenvalue weighted by Crippen LogP contribution is -2.10. The van der Waals surface area contributed by atoms with Crippen LogP contribution in [-0.2, 0) is 6.54 Å². The fourth-order valence-corrected chi connectivity index (χ4v) is 1.32. The van der Waals surface area contributed by atoms with Crippen LogP contribution in [0.5, 0.6) is 5.75 Å². The van der Waals surface area contributed by atoms with Crippen molar-refractivity contribution in [3.63, 3.8) is 0 Å². The van der Waals surface area contributed by atoms with E-state index in [0.717, 1.165) is 0 Å². The normalized spacial score (nSPS) is 10.3. The molecule has 0 saturated carbocycles. The van der Waals surface area contributed by atoms with Crippen LogP contribution < -0.4 is 4.74 Å².